The monoisotopic (exact) mass is 419 g/mol. The zero-order chi connectivity index (χ0) is 21.3. The predicted molar refractivity (Wildman–Crippen MR) is 92.7 cm³/mol. The molecule has 0 bridgehead atoms. The number of nitrogens with two attached hydrogens (primary N) is 1. The summed E-state index contributed by atoms with van der Waals surface area (Å²) < 4.78 is 89.3. The second-order valence-corrected chi connectivity index (χ2v) is 6.89. The van der Waals surface area contributed by atoms with E-state index in [0.29, 0.717) is 25.2 Å². The lowest BCUT2D eigenvalue weighted by Gasteiger charge is -2.29. The number of fused-ring (bicyclic) bond motifs is 1. The van der Waals surface area contributed by atoms with Crippen LogP contribution in [0.2, 0.25) is 0 Å². The van der Waals surface area contributed by atoms with E-state index < -0.39 is 35.7 Å². The summed E-state index contributed by atoms with van der Waals surface area (Å²) in [7, 11) is 0. The molecule has 2 aromatic rings. The highest BCUT2D eigenvalue weighted by molar-refractivity contribution is 5.36. The Balaban J connectivity index is 1.81. The van der Waals surface area contributed by atoms with Crippen molar-refractivity contribution in [1.82, 2.24) is 0 Å². The molecule has 1 aliphatic rings. The fourth-order valence-electron chi connectivity index (χ4n) is 3.45. The highest BCUT2D eigenvalue weighted by Gasteiger charge is 2.40. The molecule has 3 rings (SSSR count). The van der Waals surface area contributed by atoms with Gasteiger partial charge in [-0.15, -0.1) is 0 Å². The van der Waals surface area contributed by atoms with Gasteiger partial charge < -0.3 is 15.2 Å². The normalized spacial score (nSPS) is 19.4. The Hall–Kier alpha value is -2.10. The second-order valence-electron chi connectivity index (χ2n) is 6.89. The van der Waals surface area contributed by atoms with Crippen molar-refractivity contribution >= 4 is 0 Å². The van der Waals surface area contributed by atoms with Crippen molar-refractivity contribution in [3.8, 4) is 0 Å². The molecule has 1 atom stereocenters. The Morgan fingerprint density at radius 3 is 2.17 bits per heavy atom. The molecule has 9 heteroatoms. The molecule has 0 aromatic heterocycles. The average molecular weight is 419 g/mol. The Morgan fingerprint density at radius 1 is 0.966 bits per heavy atom. The van der Waals surface area contributed by atoms with Crippen LogP contribution in [0.4, 0.5) is 26.3 Å². The first-order valence-electron chi connectivity index (χ1n) is 8.84. The molecule has 0 aliphatic carbocycles. The van der Waals surface area contributed by atoms with Gasteiger partial charge in [-0.2, -0.15) is 26.3 Å². The SMILES string of the molecule is NCCC1(COCc2cc(C(F)(F)F)cc(C(F)(F)F)c2)OCc2ccccc21. The van der Waals surface area contributed by atoms with Crippen LogP contribution < -0.4 is 5.73 Å². The van der Waals surface area contributed by atoms with Crippen molar-refractivity contribution < 1.29 is 35.8 Å². The molecule has 158 valence electrons. The van der Waals surface area contributed by atoms with Gasteiger partial charge >= 0.3 is 12.4 Å². The standard InChI is InChI=1S/C20H19F6NO2/c21-19(22,23)15-7-13(8-16(9-15)20(24,25)26)10-28-12-18(5-6-27)17-4-2-1-3-14(17)11-29-18/h1-4,7-9H,5-6,10-12,27H2. The number of halogens is 6. The predicted octanol–water partition coefficient (Wildman–Crippen LogP) is 5.02. The Labute approximate surface area is 163 Å². The number of alkyl halides is 6. The van der Waals surface area contributed by atoms with E-state index in [1.807, 2.05) is 24.3 Å². The number of hydrogen-bond acceptors (Lipinski definition) is 3. The molecule has 0 saturated carbocycles. The molecule has 0 fully saturated rings. The fourth-order valence-corrected chi connectivity index (χ4v) is 3.45. The molecule has 2 aromatic carbocycles. The minimum Gasteiger partial charge on any atom is -0.373 e. The van der Waals surface area contributed by atoms with Gasteiger partial charge in [0.25, 0.3) is 0 Å². The lowest BCUT2D eigenvalue weighted by molar-refractivity contribution is -0.143. The van der Waals surface area contributed by atoms with Gasteiger partial charge in [0.2, 0.25) is 0 Å². The van der Waals surface area contributed by atoms with Crippen molar-refractivity contribution in [2.45, 2.75) is 37.6 Å². The van der Waals surface area contributed by atoms with E-state index in [1.54, 1.807) is 0 Å². The number of rotatable bonds is 6. The van der Waals surface area contributed by atoms with Crippen molar-refractivity contribution in [2.75, 3.05) is 13.2 Å². The van der Waals surface area contributed by atoms with E-state index in [9.17, 15) is 26.3 Å². The lowest BCUT2D eigenvalue weighted by Crippen LogP contribution is -2.34. The summed E-state index contributed by atoms with van der Waals surface area (Å²) in [4.78, 5) is 0. The van der Waals surface area contributed by atoms with Crippen molar-refractivity contribution in [1.29, 1.82) is 0 Å². The second kappa shape index (κ2) is 7.97. The summed E-state index contributed by atoms with van der Waals surface area (Å²) in [5.74, 6) is 0. The average Bonchev–Trinajstić information content (AvgIpc) is 2.99. The van der Waals surface area contributed by atoms with Crippen molar-refractivity contribution in [3.05, 3.63) is 70.3 Å². The molecule has 1 aliphatic heterocycles. The van der Waals surface area contributed by atoms with Crippen molar-refractivity contribution in [3.63, 3.8) is 0 Å². The van der Waals surface area contributed by atoms with Crippen LogP contribution in [0.15, 0.2) is 42.5 Å². The van der Waals surface area contributed by atoms with Gasteiger partial charge in [-0.05, 0) is 47.9 Å². The molecule has 1 heterocycles. The van der Waals surface area contributed by atoms with Crippen LogP contribution in [0.3, 0.4) is 0 Å². The van der Waals surface area contributed by atoms with E-state index in [4.69, 9.17) is 15.2 Å². The van der Waals surface area contributed by atoms with Gasteiger partial charge in [-0.1, -0.05) is 24.3 Å². The van der Waals surface area contributed by atoms with Gasteiger partial charge in [0.15, 0.2) is 0 Å². The molecule has 3 nitrogen and oxygen atoms in total. The molecule has 0 amide bonds. The lowest BCUT2D eigenvalue weighted by atomic mass is 9.90. The zero-order valence-electron chi connectivity index (χ0n) is 15.2. The molecular formula is C20H19F6NO2. The molecule has 2 N–H and O–H groups in total. The summed E-state index contributed by atoms with van der Waals surface area (Å²) in [5.41, 5.74) is 3.66. The maximum atomic E-state index is 13.0. The summed E-state index contributed by atoms with van der Waals surface area (Å²) in [6.45, 7) is 0.143. The molecular weight excluding hydrogens is 400 g/mol. The zero-order valence-corrected chi connectivity index (χ0v) is 15.2. The minimum atomic E-state index is -4.90. The van der Waals surface area contributed by atoms with Gasteiger partial charge in [0.05, 0.1) is 30.9 Å². The molecule has 0 radical (unpaired) electrons. The number of benzene rings is 2. The number of ether oxygens (including phenoxy) is 2. The van der Waals surface area contributed by atoms with Gasteiger partial charge in [0.1, 0.15) is 5.60 Å². The summed E-state index contributed by atoms with van der Waals surface area (Å²) >= 11 is 0. The Bertz CT molecular complexity index is 829. The largest absolute Gasteiger partial charge is 0.416 e. The quantitative estimate of drug-likeness (QED) is 0.669. The fraction of sp³-hybridized carbons (Fsp3) is 0.400. The van der Waals surface area contributed by atoms with Crippen LogP contribution in [-0.2, 0) is 40.6 Å². The van der Waals surface area contributed by atoms with Crippen LogP contribution in [-0.4, -0.2) is 13.2 Å². The maximum absolute atomic E-state index is 13.0. The summed E-state index contributed by atoms with van der Waals surface area (Å²) in [5, 5.41) is 0. The van der Waals surface area contributed by atoms with Crippen LogP contribution in [0.25, 0.3) is 0 Å². The topological polar surface area (TPSA) is 44.5 Å². The minimum absolute atomic E-state index is 0.0428. The molecule has 0 saturated heterocycles. The number of hydrogen-bond donors (Lipinski definition) is 1. The van der Waals surface area contributed by atoms with Crippen LogP contribution >= 0.6 is 0 Å². The Kier molecular flexibility index (Phi) is 5.93. The summed E-state index contributed by atoms with van der Waals surface area (Å²) in [6.07, 6.45) is -9.39. The van der Waals surface area contributed by atoms with E-state index in [1.165, 1.54) is 0 Å². The first kappa shape index (κ1) is 21.6. The Morgan fingerprint density at radius 2 is 1.59 bits per heavy atom. The van der Waals surface area contributed by atoms with Gasteiger partial charge in [-0.25, -0.2) is 0 Å². The summed E-state index contributed by atoms with van der Waals surface area (Å²) in [6, 6.07) is 8.83. The third-order valence-electron chi connectivity index (χ3n) is 4.81. The van der Waals surface area contributed by atoms with Crippen molar-refractivity contribution in [2.24, 2.45) is 5.73 Å². The van der Waals surface area contributed by atoms with E-state index in [-0.39, 0.29) is 24.8 Å². The third kappa shape index (κ3) is 4.73. The first-order valence-corrected chi connectivity index (χ1v) is 8.84. The van der Waals surface area contributed by atoms with Crippen LogP contribution in [0, 0.1) is 0 Å². The van der Waals surface area contributed by atoms with Crippen LogP contribution in [0.1, 0.15) is 34.2 Å². The van der Waals surface area contributed by atoms with E-state index in [2.05, 4.69) is 0 Å². The van der Waals surface area contributed by atoms with Crippen LogP contribution in [0.5, 0.6) is 0 Å². The highest BCUT2D eigenvalue weighted by atomic mass is 19.4. The molecule has 1 unspecified atom stereocenters. The molecule has 29 heavy (non-hydrogen) atoms. The van der Waals surface area contributed by atoms with Gasteiger partial charge in [-0.3, -0.25) is 0 Å². The van der Waals surface area contributed by atoms with E-state index in [0.717, 1.165) is 11.1 Å². The smallest absolute Gasteiger partial charge is 0.373 e. The van der Waals surface area contributed by atoms with Gasteiger partial charge in [0, 0.05) is 0 Å². The molecule has 0 spiro atoms. The third-order valence-corrected chi connectivity index (χ3v) is 4.81. The van der Waals surface area contributed by atoms with E-state index >= 15 is 0 Å². The first-order chi connectivity index (χ1) is 13.5. The maximum Gasteiger partial charge on any atom is 0.416 e. The highest BCUT2D eigenvalue weighted by Crippen LogP contribution is 2.40.